The van der Waals surface area contributed by atoms with E-state index in [1.807, 2.05) is 6.07 Å². The summed E-state index contributed by atoms with van der Waals surface area (Å²) in [6.07, 6.45) is 0.224. The Morgan fingerprint density at radius 1 is 1.00 bits per heavy atom. The van der Waals surface area contributed by atoms with Crippen LogP contribution in [0.2, 0.25) is 0 Å². The number of nitrogens with one attached hydrogen (secondary N) is 1. The third-order valence-electron chi connectivity index (χ3n) is 3.69. The van der Waals surface area contributed by atoms with Crippen LogP contribution in [0.1, 0.15) is 25.5 Å². The van der Waals surface area contributed by atoms with Crippen molar-refractivity contribution in [3.05, 3.63) is 42.0 Å². The summed E-state index contributed by atoms with van der Waals surface area (Å²) in [5.74, 6) is 0.894. The van der Waals surface area contributed by atoms with E-state index in [1.165, 1.54) is 16.3 Å². The number of methoxy groups -OCH3 is 2. The summed E-state index contributed by atoms with van der Waals surface area (Å²) in [7, 11) is 3.43. The summed E-state index contributed by atoms with van der Waals surface area (Å²) in [6, 6.07) is 13.0. The zero-order valence-corrected chi connectivity index (χ0v) is 12.6. The van der Waals surface area contributed by atoms with Crippen molar-refractivity contribution in [2.75, 3.05) is 20.8 Å². The molecule has 0 heterocycles. The lowest BCUT2D eigenvalue weighted by Crippen LogP contribution is -2.28. The molecule has 2 rings (SSSR count). The predicted octanol–water partition coefficient (Wildman–Crippen LogP) is 3.53. The molecule has 2 atom stereocenters. The molecular weight excluding hydrogens is 250 g/mol. The van der Waals surface area contributed by atoms with Crippen LogP contribution in [0.15, 0.2) is 36.4 Å². The molecule has 20 heavy (non-hydrogen) atoms. The Labute approximate surface area is 120 Å². The van der Waals surface area contributed by atoms with E-state index in [9.17, 15) is 0 Å². The van der Waals surface area contributed by atoms with Crippen molar-refractivity contribution < 1.29 is 9.47 Å². The monoisotopic (exact) mass is 273 g/mol. The first-order valence-corrected chi connectivity index (χ1v) is 6.98. The maximum atomic E-state index is 5.26. The van der Waals surface area contributed by atoms with Gasteiger partial charge in [-0.3, -0.25) is 0 Å². The second-order valence-electron chi connectivity index (χ2n) is 5.15. The summed E-state index contributed by atoms with van der Waals surface area (Å²) >= 11 is 0. The fraction of sp³-hybridized carbons (Fsp3) is 0.412. The number of benzene rings is 2. The molecule has 0 aliphatic rings. The molecule has 0 amide bonds. The van der Waals surface area contributed by atoms with Gasteiger partial charge in [0.1, 0.15) is 5.75 Å². The van der Waals surface area contributed by atoms with Crippen molar-refractivity contribution in [2.45, 2.75) is 26.0 Å². The molecule has 0 aliphatic heterocycles. The average Bonchev–Trinajstić information content (AvgIpc) is 2.50. The molecule has 0 aliphatic carbocycles. The molecule has 0 aromatic heterocycles. The minimum absolute atomic E-state index is 0.224. The molecule has 2 unspecified atom stereocenters. The van der Waals surface area contributed by atoms with Crippen LogP contribution in [-0.2, 0) is 4.74 Å². The van der Waals surface area contributed by atoms with Gasteiger partial charge in [0.15, 0.2) is 0 Å². The summed E-state index contributed by atoms with van der Waals surface area (Å²) < 4.78 is 10.5. The van der Waals surface area contributed by atoms with E-state index in [0.29, 0.717) is 6.04 Å². The highest BCUT2D eigenvalue weighted by Gasteiger charge is 2.08. The molecule has 0 bridgehead atoms. The van der Waals surface area contributed by atoms with Crippen molar-refractivity contribution in [1.82, 2.24) is 5.32 Å². The first-order valence-electron chi connectivity index (χ1n) is 6.98. The molecule has 0 saturated carbocycles. The SMILES string of the molecule is COc1ccc2cc(C(C)NCC(C)OC)ccc2c1. The van der Waals surface area contributed by atoms with Gasteiger partial charge in [-0.15, -0.1) is 0 Å². The molecule has 3 heteroatoms. The van der Waals surface area contributed by atoms with Crippen molar-refractivity contribution in [3.8, 4) is 5.75 Å². The Hall–Kier alpha value is -1.58. The van der Waals surface area contributed by atoms with Crippen molar-refractivity contribution in [1.29, 1.82) is 0 Å². The quantitative estimate of drug-likeness (QED) is 0.873. The van der Waals surface area contributed by atoms with E-state index in [0.717, 1.165) is 12.3 Å². The van der Waals surface area contributed by atoms with Crippen LogP contribution < -0.4 is 10.1 Å². The molecular formula is C17H23NO2. The Kier molecular flexibility index (Phi) is 4.99. The third kappa shape index (κ3) is 3.50. The van der Waals surface area contributed by atoms with E-state index >= 15 is 0 Å². The van der Waals surface area contributed by atoms with Crippen LogP contribution in [0.4, 0.5) is 0 Å². The fourth-order valence-electron chi connectivity index (χ4n) is 2.18. The van der Waals surface area contributed by atoms with Gasteiger partial charge in [0.2, 0.25) is 0 Å². The summed E-state index contributed by atoms with van der Waals surface area (Å²) in [5.41, 5.74) is 1.28. The largest absolute Gasteiger partial charge is 0.497 e. The van der Waals surface area contributed by atoms with Gasteiger partial charge in [-0.25, -0.2) is 0 Å². The smallest absolute Gasteiger partial charge is 0.119 e. The Balaban J connectivity index is 2.14. The molecule has 2 aromatic rings. The minimum Gasteiger partial charge on any atom is -0.497 e. The number of hydrogen-bond donors (Lipinski definition) is 1. The molecule has 0 saturated heterocycles. The van der Waals surface area contributed by atoms with E-state index in [4.69, 9.17) is 9.47 Å². The van der Waals surface area contributed by atoms with Gasteiger partial charge in [-0.1, -0.05) is 18.2 Å². The molecule has 108 valence electrons. The second kappa shape index (κ2) is 6.73. The number of rotatable bonds is 6. The number of hydrogen-bond acceptors (Lipinski definition) is 3. The lowest BCUT2D eigenvalue weighted by atomic mass is 10.0. The van der Waals surface area contributed by atoms with Gasteiger partial charge >= 0.3 is 0 Å². The van der Waals surface area contributed by atoms with Gasteiger partial charge in [0.05, 0.1) is 13.2 Å². The van der Waals surface area contributed by atoms with Crippen molar-refractivity contribution in [2.24, 2.45) is 0 Å². The van der Waals surface area contributed by atoms with Gasteiger partial charge in [-0.05, 0) is 48.4 Å². The summed E-state index contributed by atoms with van der Waals surface area (Å²) in [6.45, 7) is 5.08. The van der Waals surface area contributed by atoms with Crippen LogP contribution >= 0.6 is 0 Å². The van der Waals surface area contributed by atoms with Crippen LogP contribution in [0.25, 0.3) is 10.8 Å². The van der Waals surface area contributed by atoms with E-state index in [-0.39, 0.29) is 6.10 Å². The topological polar surface area (TPSA) is 30.5 Å². The van der Waals surface area contributed by atoms with Crippen molar-refractivity contribution >= 4 is 10.8 Å². The zero-order valence-electron chi connectivity index (χ0n) is 12.6. The average molecular weight is 273 g/mol. The van der Waals surface area contributed by atoms with Crippen LogP contribution in [0.3, 0.4) is 0 Å². The standard InChI is InChI=1S/C17H23NO2/c1-12(19-3)11-18-13(2)14-5-6-16-10-17(20-4)8-7-15(16)9-14/h5-10,12-13,18H,11H2,1-4H3. The molecule has 0 radical (unpaired) electrons. The first-order chi connectivity index (χ1) is 9.63. The molecule has 1 N–H and O–H groups in total. The highest BCUT2D eigenvalue weighted by molar-refractivity contribution is 5.84. The Morgan fingerprint density at radius 3 is 2.40 bits per heavy atom. The number of ether oxygens (including phenoxy) is 2. The Morgan fingerprint density at radius 2 is 1.70 bits per heavy atom. The molecule has 0 fully saturated rings. The molecule has 3 nitrogen and oxygen atoms in total. The third-order valence-corrected chi connectivity index (χ3v) is 3.69. The Bertz CT molecular complexity index is 568. The van der Waals surface area contributed by atoms with Crippen LogP contribution in [0.5, 0.6) is 5.75 Å². The summed E-state index contributed by atoms with van der Waals surface area (Å²) in [5, 5.41) is 5.92. The maximum Gasteiger partial charge on any atom is 0.119 e. The normalized spacial score (nSPS) is 14.2. The van der Waals surface area contributed by atoms with E-state index in [1.54, 1.807) is 14.2 Å². The van der Waals surface area contributed by atoms with Crippen molar-refractivity contribution in [3.63, 3.8) is 0 Å². The fourth-order valence-corrected chi connectivity index (χ4v) is 2.18. The second-order valence-corrected chi connectivity index (χ2v) is 5.15. The number of fused-ring (bicyclic) bond motifs is 1. The van der Waals surface area contributed by atoms with Gasteiger partial charge < -0.3 is 14.8 Å². The van der Waals surface area contributed by atoms with E-state index < -0.39 is 0 Å². The first kappa shape index (κ1) is 14.8. The van der Waals surface area contributed by atoms with Crippen LogP contribution in [0, 0.1) is 0 Å². The summed E-state index contributed by atoms with van der Waals surface area (Å²) in [4.78, 5) is 0. The minimum atomic E-state index is 0.224. The molecule has 0 spiro atoms. The van der Waals surface area contributed by atoms with Gasteiger partial charge in [0, 0.05) is 19.7 Å². The highest BCUT2D eigenvalue weighted by atomic mass is 16.5. The zero-order chi connectivity index (χ0) is 14.5. The highest BCUT2D eigenvalue weighted by Crippen LogP contribution is 2.24. The van der Waals surface area contributed by atoms with Gasteiger partial charge in [0.25, 0.3) is 0 Å². The predicted molar refractivity (Wildman–Crippen MR) is 83.4 cm³/mol. The van der Waals surface area contributed by atoms with Gasteiger partial charge in [-0.2, -0.15) is 0 Å². The lowest BCUT2D eigenvalue weighted by molar-refractivity contribution is 0.115. The van der Waals surface area contributed by atoms with Crippen LogP contribution in [-0.4, -0.2) is 26.9 Å². The van der Waals surface area contributed by atoms with E-state index in [2.05, 4.69) is 49.5 Å². The lowest BCUT2D eigenvalue weighted by Gasteiger charge is -2.18. The maximum absolute atomic E-state index is 5.26. The molecule has 2 aromatic carbocycles.